The average Bonchev–Trinajstić information content (AvgIpc) is 3.61. The van der Waals surface area contributed by atoms with E-state index in [1.165, 1.54) is 60.8 Å². The summed E-state index contributed by atoms with van der Waals surface area (Å²) >= 11 is 0. The molecule has 5 aromatic rings. The van der Waals surface area contributed by atoms with E-state index >= 15 is 0 Å². The lowest BCUT2D eigenvalue weighted by atomic mass is 9.70. The standard InChI is InChI=1S/C39H30N2O/c1-25-27-16-17-28-24-26(14-19-30(25)31(20-18-27)40-29-8-3-2-4-9-29)15-21-32(28)41-33-10-5-11-34-37(33)38-35(42-34)12-6-22-39(38)23-7-13-36(39)41/h3,5-21,23-24,40H,2,4,22H2,1H3. The third-order valence-electron chi connectivity index (χ3n) is 9.46. The normalized spacial score (nSPS) is 19.8. The van der Waals surface area contributed by atoms with Crippen LogP contribution in [0.5, 0.6) is 0 Å². The van der Waals surface area contributed by atoms with Crippen molar-refractivity contribution in [2.75, 3.05) is 10.2 Å². The fourth-order valence-electron chi connectivity index (χ4n) is 7.42. The Morgan fingerprint density at radius 1 is 0.857 bits per heavy atom. The SMILES string of the molecule is Cc1c2ccc(NC3=CCCC=C3)c1ccc1ccc(N3C4=CC=CC45CC=Cc4oc6cccc3c6c45)c(cc2)c1. The van der Waals surface area contributed by atoms with Crippen molar-refractivity contribution in [1.29, 1.82) is 0 Å². The third-order valence-corrected chi connectivity index (χ3v) is 9.46. The van der Waals surface area contributed by atoms with Gasteiger partial charge >= 0.3 is 0 Å². The summed E-state index contributed by atoms with van der Waals surface area (Å²) in [7, 11) is 0. The lowest BCUT2D eigenvalue weighted by Gasteiger charge is -2.43. The van der Waals surface area contributed by atoms with E-state index in [0.29, 0.717) is 0 Å². The van der Waals surface area contributed by atoms with Crippen LogP contribution in [0, 0.1) is 6.92 Å². The molecule has 1 atom stereocenters. The minimum Gasteiger partial charge on any atom is -0.456 e. The zero-order valence-electron chi connectivity index (χ0n) is 23.5. The molecule has 4 aliphatic rings. The molecule has 0 amide bonds. The topological polar surface area (TPSA) is 28.4 Å². The quantitative estimate of drug-likeness (QED) is 0.246. The van der Waals surface area contributed by atoms with Crippen LogP contribution in [0.3, 0.4) is 0 Å². The van der Waals surface area contributed by atoms with Crippen molar-refractivity contribution < 1.29 is 4.42 Å². The van der Waals surface area contributed by atoms with Gasteiger partial charge in [0, 0.05) is 33.4 Å². The summed E-state index contributed by atoms with van der Waals surface area (Å²) in [4.78, 5) is 2.48. The van der Waals surface area contributed by atoms with E-state index in [2.05, 4.69) is 139 Å². The van der Waals surface area contributed by atoms with Crippen LogP contribution < -0.4 is 10.2 Å². The second kappa shape index (κ2) is 8.74. The summed E-state index contributed by atoms with van der Waals surface area (Å²) < 4.78 is 6.41. The maximum absolute atomic E-state index is 6.41. The molecule has 1 spiro atoms. The maximum atomic E-state index is 6.41. The van der Waals surface area contributed by atoms with Crippen LogP contribution in [0.2, 0.25) is 0 Å². The molecule has 1 aliphatic heterocycles. The predicted octanol–water partition coefficient (Wildman–Crippen LogP) is 10.5. The molecule has 1 unspecified atom stereocenters. The number of hydrogen-bond donors (Lipinski definition) is 1. The molecule has 0 saturated carbocycles. The van der Waals surface area contributed by atoms with Crippen LogP contribution in [0.25, 0.3) is 38.6 Å². The Balaban J connectivity index is 1.25. The second-order valence-corrected chi connectivity index (χ2v) is 11.8. The van der Waals surface area contributed by atoms with Crippen LogP contribution in [0.1, 0.15) is 36.1 Å². The number of furan rings is 1. The molecular formula is C39H30N2O. The summed E-state index contributed by atoms with van der Waals surface area (Å²) in [6, 6.07) is 26.8. The lowest BCUT2D eigenvalue weighted by Crippen LogP contribution is -2.37. The molecule has 1 N–H and O–H groups in total. The molecule has 4 aromatic carbocycles. The van der Waals surface area contributed by atoms with Crippen molar-refractivity contribution >= 4 is 55.7 Å². The van der Waals surface area contributed by atoms with Gasteiger partial charge in [-0.1, -0.05) is 72.8 Å². The molecule has 2 heterocycles. The Hall–Kier alpha value is -5.02. The average molecular weight is 543 g/mol. The Kier molecular flexibility index (Phi) is 4.92. The van der Waals surface area contributed by atoms with Gasteiger partial charge in [-0.3, -0.25) is 0 Å². The van der Waals surface area contributed by atoms with Gasteiger partial charge in [0.2, 0.25) is 0 Å². The minimum absolute atomic E-state index is 0.202. The summed E-state index contributed by atoms with van der Waals surface area (Å²) in [5.74, 6) is 0.989. The van der Waals surface area contributed by atoms with Crippen LogP contribution >= 0.6 is 0 Å². The smallest absolute Gasteiger partial charge is 0.137 e. The number of rotatable bonds is 3. The molecule has 4 bridgehead atoms. The molecule has 1 aromatic heterocycles. The first-order valence-electron chi connectivity index (χ1n) is 14.9. The van der Waals surface area contributed by atoms with Crippen LogP contribution in [0.15, 0.2) is 131 Å². The highest BCUT2D eigenvalue weighted by atomic mass is 16.3. The Labute approximate surface area is 245 Å². The first kappa shape index (κ1) is 23.7. The van der Waals surface area contributed by atoms with E-state index in [1.54, 1.807) is 0 Å². The number of nitrogens with zero attached hydrogens (tertiary/aromatic N) is 1. The van der Waals surface area contributed by atoms with Crippen molar-refractivity contribution in [2.45, 2.75) is 31.6 Å². The van der Waals surface area contributed by atoms with E-state index in [1.807, 2.05) is 0 Å². The van der Waals surface area contributed by atoms with E-state index in [-0.39, 0.29) is 5.41 Å². The molecule has 0 fully saturated rings. The van der Waals surface area contributed by atoms with Gasteiger partial charge in [0.05, 0.1) is 16.8 Å². The molecule has 3 aliphatic carbocycles. The Morgan fingerprint density at radius 2 is 1.76 bits per heavy atom. The van der Waals surface area contributed by atoms with Crippen molar-refractivity contribution in [2.24, 2.45) is 0 Å². The first-order valence-corrected chi connectivity index (χ1v) is 14.9. The zero-order valence-corrected chi connectivity index (χ0v) is 23.5. The number of nitrogens with one attached hydrogen (secondary N) is 1. The summed E-state index contributed by atoms with van der Waals surface area (Å²) in [5, 5.41) is 9.73. The Morgan fingerprint density at radius 3 is 2.69 bits per heavy atom. The van der Waals surface area contributed by atoms with Crippen molar-refractivity contribution in [3.05, 3.63) is 144 Å². The lowest BCUT2D eigenvalue weighted by molar-refractivity contribution is 0.560. The second-order valence-electron chi connectivity index (χ2n) is 11.8. The highest BCUT2D eigenvalue weighted by Gasteiger charge is 2.48. The van der Waals surface area contributed by atoms with Gasteiger partial charge in [-0.15, -0.1) is 0 Å². The van der Waals surface area contributed by atoms with Crippen molar-refractivity contribution in [1.82, 2.24) is 0 Å². The van der Waals surface area contributed by atoms with Gasteiger partial charge in [0.1, 0.15) is 11.3 Å². The molecular weight excluding hydrogens is 512 g/mol. The molecule has 0 saturated heterocycles. The summed E-state index contributed by atoms with van der Waals surface area (Å²) in [6.07, 6.45) is 21.1. The van der Waals surface area contributed by atoms with Crippen LogP contribution in [-0.4, -0.2) is 0 Å². The third kappa shape index (κ3) is 3.28. The van der Waals surface area contributed by atoms with E-state index < -0.39 is 0 Å². The number of hydrogen-bond acceptors (Lipinski definition) is 3. The van der Waals surface area contributed by atoms with E-state index in [0.717, 1.165) is 36.3 Å². The predicted molar refractivity (Wildman–Crippen MR) is 176 cm³/mol. The van der Waals surface area contributed by atoms with E-state index in [4.69, 9.17) is 4.42 Å². The highest BCUT2D eigenvalue weighted by Crippen LogP contribution is 2.58. The molecule has 3 heteroatoms. The zero-order chi connectivity index (χ0) is 27.8. The first-order chi connectivity index (χ1) is 20.7. The fraction of sp³-hybridized carbons (Fsp3) is 0.128. The monoisotopic (exact) mass is 542 g/mol. The van der Waals surface area contributed by atoms with Gasteiger partial charge in [0.15, 0.2) is 0 Å². The summed E-state index contributed by atoms with van der Waals surface area (Å²) in [6.45, 7) is 2.23. The molecule has 3 nitrogen and oxygen atoms in total. The van der Waals surface area contributed by atoms with Crippen molar-refractivity contribution in [3.8, 4) is 0 Å². The largest absolute Gasteiger partial charge is 0.456 e. The Bertz CT molecular complexity index is 2170. The molecule has 9 rings (SSSR count). The number of aryl methyl sites for hydroxylation is 1. The number of benzene rings is 3. The number of fused-ring (bicyclic) bond motifs is 4. The molecule has 42 heavy (non-hydrogen) atoms. The number of allylic oxidation sites excluding steroid dienone is 7. The van der Waals surface area contributed by atoms with Crippen LogP contribution in [-0.2, 0) is 5.41 Å². The van der Waals surface area contributed by atoms with Crippen molar-refractivity contribution in [3.63, 3.8) is 0 Å². The van der Waals surface area contributed by atoms with E-state index in [9.17, 15) is 0 Å². The number of anilines is 3. The summed E-state index contributed by atoms with van der Waals surface area (Å²) in [5.41, 5.74) is 9.30. The molecule has 0 radical (unpaired) electrons. The van der Waals surface area contributed by atoms with Gasteiger partial charge in [-0.05, 0) is 96.5 Å². The maximum Gasteiger partial charge on any atom is 0.137 e. The fourth-order valence-corrected chi connectivity index (χ4v) is 7.42. The molecule has 202 valence electrons. The highest BCUT2D eigenvalue weighted by molar-refractivity contribution is 6.06. The van der Waals surface area contributed by atoms with Gasteiger partial charge in [-0.2, -0.15) is 0 Å². The van der Waals surface area contributed by atoms with Crippen LogP contribution in [0.4, 0.5) is 17.1 Å². The van der Waals surface area contributed by atoms with Gasteiger partial charge < -0.3 is 14.6 Å². The van der Waals surface area contributed by atoms with Gasteiger partial charge in [-0.25, -0.2) is 0 Å². The van der Waals surface area contributed by atoms with Gasteiger partial charge in [0.25, 0.3) is 0 Å². The minimum atomic E-state index is -0.202.